The summed E-state index contributed by atoms with van der Waals surface area (Å²) in [5.74, 6) is 2.13. The molecule has 2 aromatic carbocycles. The predicted octanol–water partition coefficient (Wildman–Crippen LogP) is 4.87. The van der Waals surface area contributed by atoms with Crippen LogP contribution in [0.4, 0.5) is 10.5 Å². The second kappa shape index (κ2) is 8.26. The lowest BCUT2D eigenvalue weighted by Crippen LogP contribution is -2.36. The van der Waals surface area contributed by atoms with Crippen LogP contribution >= 0.6 is 12.2 Å². The first kappa shape index (κ1) is 21.2. The van der Waals surface area contributed by atoms with Crippen LogP contribution in [0.2, 0.25) is 0 Å². The van der Waals surface area contributed by atoms with Crippen molar-refractivity contribution < 1.29 is 23.7 Å². The van der Waals surface area contributed by atoms with Crippen LogP contribution in [0.1, 0.15) is 38.8 Å². The van der Waals surface area contributed by atoms with Gasteiger partial charge in [0.25, 0.3) is 0 Å². The van der Waals surface area contributed by atoms with Crippen molar-refractivity contribution in [3.63, 3.8) is 0 Å². The fourth-order valence-corrected chi connectivity index (χ4v) is 3.50. The molecule has 0 fully saturated rings. The summed E-state index contributed by atoms with van der Waals surface area (Å²) >= 11 is 5.32. The fourth-order valence-electron chi connectivity index (χ4n) is 3.35. The van der Waals surface area contributed by atoms with E-state index in [0.29, 0.717) is 29.6 Å². The van der Waals surface area contributed by atoms with Crippen molar-refractivity contribution in [2.75, 3.05) is 12.1 Å². The molecule has 0 saturated carbocycles. The minimum atomic E-state index is -0.599. The van der Waals surface area contributed by atoms with Crippen molar-refractivity contribution in [3.05, 3.63) is 47.5 Å². The van der Waals surface area contributed by atoms with Gasteiger partial charge in [-0.3, -0.25) is 4.90 Å². The summed E-state index contributed by atoms with van der Waals surface area (Å²) in [4.78, 5) is 15.3. The Morgan fingerprint density at radius 2 is 1.74 bits per heavy atom. The minimum Gasteiger partial charge on any atom is -0.481 e. The van der Waals surface area contributed by atoms with Gasteiger partial charge in [0.15, 0.2) is 11.5 Å². The molecule has 0 bridgehead atoms. The van der Waals surface area contributed by atoms with E-state index in [-0.39, 0.29) is 12.9 Å². The van der Waals surface area contributed by atoms with E-state index in [1.165, 1.54) is 0 Å². The molecule has 2 heterocycles. The van der Waals surface area contributed by atoms with Gasteiger partial charge >= 0.3 is 6.09 Å². The maximum atomic E-state index is 13.0. The zero-order chi connectivity index (χ0) is 22.2. The lowest BCUT2D eigenvalue weighted by Gasteiger charge is -2.29. The molecule has 1 amide bonds. The van der Waals surface area contributed by atoms with Crippen LogP contribution in [0.3, 0.4) is 0 Å². The molecule has 0 spiro atoms. The molecular formula is C23H26N2O5S. The maximum absolute atomic E-state index is 13.0. The number of benzene rings is 2. The molecule has 0 aromatic heterocycles. The molecule has 1 unspecified atom stereocenters. The first-order valence-electron chi connectivity index (χ1n) is 10.1. The molecule has 0 saturated heterocycles. The quantitative estimate of drug-likeness (QED) is 0.677. The van der Waals surface area contributed by atoms with Crippen molar-refractivity contribution in [2.24, 2.45) is 0 Å². The summed E-state index contributed by atoms with van der Waals surface area (Å²) in [7, 11) is 0. The maximum Gasteiger partial charge on any atom is 0.410 e. The van der Waals surface area contributed by atoms with Gasteiger partial charge in [0.05, 0.1) is 5.69 Å². The Bertz CT molecular complexity index is 1020. The van der Waals surface area contributed by atoms with Crippen LogP contribution in [0.25, 0.3) is 0 Å². The molecule has 0 aliphatic carbocycles. The number of hydrogen-bond donors (Lipinski definition) is 1. The lowest BCUT2D eigenvalue weighted by molar-refractivity contribution is 0.0216. The molecule has 7 nitrogen and oxygen atoms in total. The van der Waals surface area contributed by atoms with Crippen LogP contribution < -0.4 is 19.5 Å². The van der Waals surface area contributed by atoms with E-state index in [0.717, 1.165) is 22.6 Å². The molecule has 1 N–H and O–H groups in total. The molecule has 2 aliphatic heterocycles. The Balaban J connectivity index is 1.56. The van der Waals surface area contributed by atoms with Gasteiger partial charge in [-0.2, -0.15) is 0 Å². The molecule has 0 radical (unpaired) electrons. The Morgan fingerprint density at radius 1 is 1.10 bits per heavy atom. The average Bonchev–Trinajstić information content (AvgIpc) is 3.15. The normalized spacial score (nSPS) is 16.8. The van der Waals surface area contributed by atoms with E-state index < -0.39 is 11.7 Å². The number of nitrogens with one attached hydrogen (secondary N) is 1. The first-order chi connectivity index (χ1) is 14.7. The van der Waals surface area contributed by atoms with E-state index in [2.05, 4.69) is 5.32 Å². The van der Waals surface area contributed by atoms with Crippen molar-refractivity contribution in [3.8, 4) is 17.2 Å². The second-order valence-electron chi connectivity index (χ2n) is 8.60. The Labute approximate surface area is 187 Å². The highest BCUT2D eigenvalue weighted by molar-refractivity contribution is 7.80. The molecule has 2 aromatic rings. The van der Waals surface area contributed by atoms with Gasteiger partial charge in [-0.1, -0.05) is 24.4 Å². The second-order valence-corrected chi connectivity index (χ2v) is 9.04. The van der Waals surface area contributed by atoms with Gasteiger partial charge in [-0.15, -0.1) is 0 Å². The van der Waals surface area contributed by atoms with E-state index in [9.17, 15) is 4.79 Å². The van der Waals surface area contributed by atoms with Crippen LogP contribution in [0, 0.1) is 0 Å². The summed E-state index contributed by atoms with van der Waals surface area (Å²) in [6, 6.07) is 11.5. The average molecular weight is 443 g/mol. The van der Waals surface area contributed by atoms with Crippen molar-refractivity contribution in [1.29, 1.82) is 0 Å². The number of ether oxygens (including phenoxy) is 4. The third-order valence-corrected chi connectivity index (χ3v) is 5.24. The van der Waals surface area contributed by atoms with Crippen molar-refractivity contribution >= 4 is 29.0 Å². The van der Waals surface area contributed by atoms with Gasteiger partial charge < -0.3 is 24.3 Å². The summed E-state index contributed by atoms with van der Waals surface area (Å²) in [5, 5.41) is 3.21. The Kier molecular flexibility index (Phi) is 5.66. The smallest absolute Gasteiger partial charge is 0.410 e. The molecule has 8 heteroatoms. The van der Waals surface area contributed by atoms with Crippen LogP contribution in [0.5, 0.6) is 17.2 Å². The number of hydrogen-bond acceptors (Lipinski definition) is 6. The van der Waals surface area contributed by atoms with Gasteiger partial charge in [0.2, 0.25) is 6.79 Å². The summed E-state index contributed by atoms with van der Waals surface area (Å²) in [5.41, 5.74) is 2.05. The van der Waals surface area contributed by atoms with Gasteiger partial charge in [0.1, 0.15) is 22.4 Å². The van der Waals surface area contributed by atoms with Gasteiger partial charge in [-0.25, -0.2) is 4.79 Å². The molecule has 4 rings (SSSR count). The number of carbonyl (C=O) groups is 1. The number of fused-ring (bicyclic) bond motifs is 2. The van der Waals surface area contributed by atoms with Crippen molar-refractivity contribution in [1.82, 2.24) is 4.90 Å². The molecular weight excluding hydrogens is 416 g/mol. The highest BCUT2D eigenvalue weighted by Gasteiger charge is 2.25. The van der Waals surface area contributed by atoms with Gasteiger partial charge in [-0.05, 0) is 63.1 Å². The molecule has 31 heavy (non-hydrogen) atoms. The number of carbonyl (C=O) groups excluding carboxylic acids is 1. The highest BCUT2D eigenvalue weighted by Crippen LogP contribution is 2.34. The first-order valence-corrected chi connectivity index (χ1v) is 10.6. The number of amides is 1. The third-order valence-electron chi connectivity index (χ3n) is 4.81. The minimum absolute atomic E-state index is 0.169. The third kappa shape index (κ3) is 5.02. The van der Waals surface area contributed by atoms with Gasteiger partial charge in [0, 0.05) is 13.1 Å². The lowest BCUT2D eigenvalue weighted by atomic mass is 10.1. The predicted molar refractivity (Wildman–Crippen MR) is 121 cm³/mol. The van der Waals surface area contributed by atoms with E-state index in [1.54, 1.807) is 4.90 Å². The molecule has 164 valence electrons. The number of thiocarbonyl (C=S) groups is 1. The summed E-state index contributed by atoms with van der Waals surface area (Å²) in [6.45, 7) is 8.40. The number of rotatable bonds is 4. The standard InChI is InChI=1S/C23H26N2O5S/c1-14-21(31)24-17-9-15(5-7-18(17)29-14)11-25(22(26)30-23(2,3)4)12-16-6-8-19-20(10-16)28-13-27-19/h5-10,14H,11-13H2,1-4H3,(H,24,31). The monoisotopic (exact) mass is 442 g/mol. The summed E-state index contributed by atoms with van der Waals surface area (Å²) < 4.78 is 22.3. The SMILES string of the molecule is CC1Oc2ccc(CN(Cc3ccc4c(c3)OCO4)C(=O)OC(C)(C)C)cc2NC1=S. The Morgan fingerprint density at radius 3 is 2.45 bits per heavy atom. The molecule has 2 aliphatic rings. The number of nitrogens with zero attached hydrogens (tertiary/aromatic N) is 1. The van der Waals surface area contributed by atoms with Crippen LogP contribution in [0.15, 0.2) is 36.4 Å². The molecule has 1 atom stereocenters. The van der Waals surface area contributed by atoms with Crippen molar-refractivity contribution in [2.45, 2.75) is 52.5 Å². The van der Waals surface area contributed by atoms with E-state index in [1.807, 2.05) is 64.1 Å². The number of anilines is 1. The zero-order valence-corrected chi connectivity index (χ0v) is 18.9. The van der Waals surface area contributed by atoms with E-state index in [4.69, 9.17) is 31.2 Å². The Hall–Kier alpha value is -3.00. The fraction of sp³-hybridized carbons (Fsp3) is 0.391. The van der Waals surface area contributed by atoms with E-state index >= 15 is 0 Å². The largest absolute Gasteiger partial charge is 0.481 e. The zero-order valence-electron chi connectivity index (χ0n) is 18.1. The van der Waals surface area contributed by atoms with Crippen LogP contribution in [-0.2, 0) is 17.8 Å². The highest BCUT2D eigenvalue weighted by atomic mass is 32.1. The topological polar surface area (TPSA) is 69.3 Å². The summed E-state index contributed by atoms with van der Waals surface area (Å²) in [6.07, 6.45) is -0.561. The van der Waals surface area contributed by atoms with Crippen LogP contribution in [-0.4, -0.2) is 34.5 Å².